The highest BCUT2D eigenvalue weighted by molar-refractivity contribution is 6.25. The Morgan fingerprint density at radius 3 is 1.63 bits per heavy atom. The standard InChI is InChI=1S/C51H30N4O2/c1-3-13-31(14-4-1)32-23-25-34(26-24-32)50-52-49(33-15-5-2-6-16-33)53-51(54-50)39-27-29-41(45-37-18-8-12-22-43(37)57-48(39)45)55-40-20-10-7-17-35(40)36-28-30-44-46(47(36)55)38-19-9-11-21-42(38)56-44/h1-30H. The van der Waals surface area contributed by atoms with Crippen molar-refractivity contribution >= 4 is 65.7 Å². The van der Waals surface area contributed by atoms with Crippen molar-refractivity contribution in [3.63, 3.8) is 0 Å². The van der Waals surface area contributed by atoms with Crippen LogP contribution < -0.4 is 0 Å². The van der Waals surface area contributed by atoms with E-state index in [1.54, 1.807) is 0 Å². The van der Waals surface area contributed by atoms with Gasteiger partial charge in [0.05, 0.1) is 33.1 Å². The topological polar surface area (TPSA) is 69.9 Å². The molecular weight excluding hydrogens is 701 g/mol. The molecule has 6 nitrogen and oxygen atoms in total. The number of benzene rings is 8. The van der Waals surface area contributed by atoms with Crippen molar-refractivity contribution in [2.24, 2.45) is 0 Å². The summed E-state index contributed by atoms with van der Waals surface area (Å²) in [5.41, 5.74) is 11.3. The van der Waals surface area contributed by atoms with Crippen LogP contribution in [0.25, 0.3) is 117 Å². The molecule has 0 aliphatic heterocycles. The number of hydrogen-bond donors (Lipinski definition) is 0. The van der Waals surface area contributed by atoms with Crippen molar-refractivity contribution < 1.29 is 8.83 Å². The summed E-state index contributed by atoms with van der Waals surface area (Å²) in [5.74, 6) is 1.71. The number of aromatic nitrogens is 4. The van der Waals surface area contributed by atoms with E-state index in [-0.39, 0.29) is 0 Å². The highest BCUT2D eigenvalue weighted by atomic mass is 16.3. The molecule has 0 bridgehead atoms. The molecule has 0 N–H and O–H groups in total. The van der Waals surface area contributed by atoms with E-state index < -0.39 is 0 Å². The molecule has 0 saturated carbocycles. The van der Waals surface area contributed by atoms with E-state index in [4.69, 9.17) is 23.8 Å². The molecule has 0 radical (unpaired) electrons. The largest absolute Gasteiger partial charge is 0.456 e. The molecule has 0 amide bonds. The third-order valence-electron chi connectivity index (χ3n) is 11.1. The van der Waals surface area contributed by atoms with Gasteiger partial charge in [0, 0.05) is 32.7 Å². The average molecular weight is 731 g/mol. The van der Waals surface area contributed by atoms with Crippen LogP contribution in [0.15, 0.2) is 191 Å². The Labute approximate surface area is 325 Å². The minimum Gasteiger partial charge on any atom is -0.456 e. The van der Waals surface area contributed by atoms with Gasteiger partial charge < -0.3 is 13.4 Å². The van der Waals surface area contributed by atoms with Gasteiger partial charge in [0.15, 0.2) is 17.5 Å². The molecule has 0 atom stereocenters. The number of hydrogen-bond acceptors (Lipinski definition) is 5. The molecule has 0 aliphatic rings. The summed E-state index contributed by atoms with van der Waals surface area (Å²) in [6.45, 7) is 0. The second kappa shape index (κ2) is 12.3. The fourth-order valence-electron chi connectivity index (χ4n) is 8.47. The number of nitrogens with zero attached hydrogens (tertiary/aromatic N) is 4. The second-order valence-corrected chi connectivity index (χ2v) is 14.3. The number of furan rings is 2. The third kappa shape index (κ3) is 4.87. The Morgan fingerprint density at radius 2 is 0.895 bits per heavy atom. The van der Waals surface area contributed by atoms with Crippen molar-refractivity contribution in [1.29, 1.82) is 0 Å². The zero-order valence-corrected chi connectivity index (χ0v) is 30.4. The molecule has 12 aromatic rings. The molecule has 4 aromatic heterocycles. The van der Waals surface area contributed by atoms with Crippen LogP contribution in [0.2, 0.25) is 0 Å². The van der Waals surface area contributed by atoms with Gasteiger partial charge in [-0.2, -0.15) is 0 Å². The first-order chi connectivity index (χ1) is 28.3. The van der Waals surface area contributed by atoms with Gasteiger partial charge in [-0.1, -0.05) is 140 Å². The molecule has 0 spiro atoms. The maximum Gasteiger partial charge on any atom is 0.167 e. The lowest BCUT2D eigenvalue weighted by Gasteiger charge is -2.13. The van der Waals surface area contributed by atoms with Crippen molar-refractivity contribution in [2.75, 3.05) is 0 Å². The Hall–Kier alpha value is -7.83. The first-order valence-electron chi connectivity index (χ1n) is 19.0. The average Bonchev–Trinajstić information content (AvgIpc) is 3.97. The van der Waals surface area contributed by atoms with E-state index in [1.165, 1.54) is 0 Å². The molecule has 8 aromatic carbocycles. The van der Waals surface area contributed by atoms with E-state index in [0.717, 1.165) is 93.6 Å². The molecule has 57 heavy (non-hydrogen) atoms. The SMILES string of the molecule is c1ccc(-c2ccc(-c3nc(-c4ccccc4)nc(-c4ccc(-n5c6ccccc6c6ccc7oc8ccccc8c7c65)c5c4oc4ccccc45)n3)cc2)cc1. The zero-order chi connectivity index (χ0) is 37.5. The maximum absolute atomic E-state index is 6.87. The molecule has 0 aliphatic carbocycles. The van der Waals surface area contributed by atoms with E-state index >= 15 is 0 Å². The Bertz CT molecular complexity index is 3510. The predicted octanol–water partition coefficient (Wildman–Crippen LogP) is 13.4. The van der Waals surface area contributed by atoms with Crippen LogP contribution in [0, 0.1) is 0 Å². The van der Waals surface area contributed by atoms with Crippen LogP contribution in [-0.2, 0) is 0 Å². The molecule has 266 valence electrons. The minimum atomic E-state index is 0.534. The van der Waals surface area contributed by atoms with E-state index in [9.17, 15) is 0 Å². The van der Waals surface area contributed by atoms with Gasteiger partial charge in [0.2, 0.25) is 0 Å². The smallest absolute Gasteiger partial charge is 0.167 e. The predicted molar refractivity (Wildman–Crippen MR) is 230 cm³/mol. The van der Waals surface area contributed by atoms with E-state index in [0.29, 0.717) is 23.1 Å². The fourth-order valence-corrected chi connectivity index (χ4v) is 8.47. The summed E-state index contributed by atoms with van der Waals surface area (Å²) in [4.78, 5) is 15.4. The minimum absolute atomic E-state index is 0.534. The van der Waals surface area contributed by atoms with Crippen molar-refractivity contribution in [1.82, 2.24) is 19.5 Å². The molecule has 6 heteroatoms. The normalized spacial score (nSPS) is 11.9. The first-order valence-corrected chi connectivity index (χ1v) is 19.0. The number of rotatable bonds is 5. The molecule has 4 heterocycles. The second-order valence-electron chi connectivity index (χ2n) is 14.3. The Morgan fingerprint density at radius 1 is 0.351 bits per heavy atom. The first kappa shape index (κ1) is 31.5. The monoisotopic (exact) mass is 730 g/mol. The Balaban J connectivity index is 1.14. The van der Waals surface area contributed by atoms with Crippen LogP contribution in [0.5, 0.6) is 0 Å². The van der Waals surface area contributed by atoms with Gasteiger partial charge in [-0.25, -0.2) is 15.0 Å². The van der Waals surface area contributed by atoms with Gasteiger partial charge in [0.1, 0.15) is 22.3 Å². The van der Waals surface area contributed by atoms with E-state index in [1.807, 2.05) is 60.7 Å². The summed E-state index contributed by atoms with van der Waals surface area (Å²) in [5, 5.41) is 6.46. The zero-order valence-electron chi connectivity index (χ0n) is 30.4. The fraction of sp³-hybridized carbons (Fsp3) is 0. The van der Waals surface area contributed by atoms with Gasteiger partial charge in [0.25, 0.3) is 0 Å². The van der Waals surface area contributed by atoms with Crippen LogP contribution >= 0.6 is 0 Å². The van der Waals surface area contributed by atoms with Crippen LogP contribution in [-0.4, -0.2) is 19.5 Å². The molecule has 0 unspecified atom stereocenters. The summed E-state index contributed by atoms with van der Waals surface area (Å²) in [6.07, 6.45) is 0. The lowest BCUT2D eigenvalue weighted by Crippen LogP contribution is -2.01. The van der Waals surface area contributed by atoms with Gasteiger partial charge in [-0.05, 0) is 53.6 Å². The number of fused-ring (bicyclic) bond motifs is 10. The summed E-state index contributed by atoms with van der Waals surface area (Å²) < 4.78 is 15.7. The lowest BCUT2D eigenvalue weighted by atomic mass is 10.0. The van der Waals surface area contributed by atoms with Gasteiger partial charge in [-0.15, -0.1) is 0 Å². The molecule has 0 saturated heterocycles. The van der Waals surface area contributed by atoms with E-state index in [2.05, 4.69) is 126 Å². The lowest BCUT2D eigenvalue weighted by molar-refractivity contribution is 0.669. The van der Waals surface area contributed by atoms with Crippen molar-refractivity contribution in [3.05, 3.63) is 182 Å². The summed E-state index contributed by atoms with van der Waals surface area (Å²) in [6, 6.07) is 62.5. The summed E-state index contributed by atoms with van der Waals surface area (Å²) in [7, 11) is 0. The molecule has 12 rings (SSSR count). The van der Waals surface area contributed by atoms with Gasteiger partial charge in [-0.3, -0.25) is 0 Å². The molecule has 0 fully saturated rings. The van der Waals surface area contributed by atoms with Gasteiger partial charge >= 0.3 is 0 Å². The van der Waals surface area contributed by atoms with Crippen molar-refractivity contribution in [3.8, 4) is 51.0 Å². The maximum atomic E-state index is 6.87. The quantitative estimate of drug-likeness (QED) is 0.176. The summed E-state index contributed by atoms with van der Waals surface area (Å²) >= 11 is 0. The highest BCUT2D eigenvalue weighted by Crippen LogP contribution is 2.45. The molecular formula is C51H30N4O2. The number of para-hydroxylation sites is 3. The third-order valence-corrected chi connectivity index (χ3v) is 11.1. The van der Waals surface area contributed by atoms with Crippen LogP contribution in [0.3, 0.4) is 0 Å². The van der Waals surface area contributed by atoms with Crippen LogP contribution in [0.1, 0.15) is 0 Å². The highest BCUT2D eigenvalue weighted by Gasteiger charge is 2.24. The van der Waals surface area contributed by atoms with Crippen LogP contribution in [0.4, 0.5) is 0 Å². The van der Waals surface area contributed by atoms with Crippen molar-refractivity contribution in [2.45, 2.75) is 0 Å². The Kier molecular flexibility index (Phi) is 6.83.